The van der Waals surface area contributed by atoms with Gasteiger partial charge in [-0.05, 0) is 30.5 Å². The number of hydrogen-bond donors (Lipinski definition) is 1. The molecular formula is C16H18FN3O3S. The molecular weight excluding hydrogens is 333 g/mol. The molecule has 1 aromatic heterocycles. The van der Waals surface area contributed by atoms with Crippen molar-refractivity contribution < 1.29 is 12.8 Å². The molecule has 0 unspecified atom stereocenters. The van der Waals surface area contributed by atoms with E-state index in [4.69, 9.17) is 0 Å². The highest BCUT2D eigenvalue weighted by molar-refractivity contribution is 7.90. The Labute approximate surface area is 139 Å². The van der Waals surface area contributed by atoms with Crippen LogP contribution in [-0.4, -0.2) is 36.1 Å². The standard InChI is InChI=1S/C16H18FN3O3S/c1-10-3-4-11(7-13(10)17)8-20-6-5-12-14(9-20)18-16(19-15(12)21)24(2,22)23/h3-4,7H,5-6,8-9H2,1-2H3,(H,18,19,21). The van der Waals surface area contributed by atoms with Gasteiger partial charge in [-0.1, -0.05) is 12.1 Å². The Balaban J connectivity index is 1.87. The Morgan fingerprint density at radius 3 is 2.79 bits per heavy atom. The van der Waals surface area contributed by atoms with Gasteiger partial charge in [0.1, 0.15) is 5.82 Å². The number of benzene rings is 1. The first-order chi connectivity index (χ1) is 11.2. The Bertz CT molecular complexity index is 954. The van der Waals surface area contributed by atoms with Crippen LogP contribution in [0.15, 0.2) is 28.2 Å². The minimum atomic E-state index is -3.58. The maximum atomic E-state index is 13.7. The van der Waals surface area contributed by atoms with Gasteiger partial charge in [0.25, 0.3) is 5.56 Å². The third kappa shape index (κ3) is 3.39. The first-order valence-electron chi connectivity index (χ1n) is 7.53. The van der Waals surface area contributed by atoms with Crippen LogP contribution in [0.4, 0.5) is 4.39 Å². The van der Waals surface area contributed by atoms with Crippen LogP contribution >= 0.6 is 0 Å². The molecule has 128 valence electrons. The van der Waals surface area contributed by atoms with E-state index in [1.54, 1.807) is 13.0 Å². The van der Waals surface area contributed by atoms with E-state index in [0.29, 0.717) is 42.9 Å². The molecule has 0 saturated heterocycles. The van der Waals surface area contributed by atoms with E-state index in [1.807, 2.05) is 11.0 Å². The number of nitrogens with one attached hydrogen (secondary N) is 1. The van der Waals surface area contributed by atoms with Gasteiger partial charge in [-0.25, -0.2) is 17.8 Å². The molecule has 0 radical (unpaired) electrons. The van der Waals surface area contributed by atoms with E-state index >= 15 is 0 Å². The summed E-state index contributed by atoms with van der Waals surface area (Å²) < 4.78 is 36.9. The van der Waals surface area contributed by atoms with E-state index in [1.165, 1.54) is 6.07 Å². The molecule has 0 fully saturated rings. The first-order valence-corrected chi connectivity index (χ1v) is 9.42. The summed E-state index contributed by atoms with van der Waals surface area (Å²) in [6.45, 7) is 3.21. The van der Waals surface area contributed by atoms with Crippen LogP contribution in [0, 0.1) is 12.7 Å². The van der Waals surface area contributed by atoms with Crippen molar-refractivity contribution in [2.45, 2.75) is 31.6 Å². The van der Waals surface area contributed by atoms with Gasteiger partial charge in [0.15, 0.2) is 0 Å². The van der Waals surface area contributed by atoms with Crippen molar-refractivity contribution in [2.24, 2.45) is 0 Å². The molecule has 0 bridgehead atoms. The number of hydrogen-bond acceptors (Lipinski definition) is 5. The number of rotatable bonds is 3. The highest BCUT2D eigenvalue weighted by atomic mass is 32.2. The van der Waals surface area contributed by atoms with Gasteiger partial charge in [0.05, 0.1) is 5.69 Å². The van der Waals surface area contributed by atoms with Gasteiger partial charge < -0.3 is 0 Å². The largest absolute Gasteiger partial charge is 0.297 e. The normalized spacial score (nSPS) is 15.3. The average molecular weight is 351 g/mol. The second-order valence-electron chi connectivity index (χ2n) is 6.11. The van der Waals surface area contributed by atoms with Crippen LogP contribution in [0.25, 0.3) is 0 Å². The fourth-order valence-electron chi connectivity index (χ4n) is 2.77. The number of halogens is 1. The summed E-state index contributed by atoms with van der Waals surface area (Å²) in [5, 5.41) is -0.311. The molecule has 1 N–H and O–H groups in total. The Morgan fingerprint density at radius 2 is 2.12 bits per heavy atom. The van der Waals surface area contributed by atoms with Crippen molar-refractivity contribution in [3.05, 3.63) is 56.8 Å². The summed E-state index contributed by atoms with van der Waals surface area (Å²) in [7, 11) is -3.58. The molecule has 6 nitrogen and oxygen atoms in total. The lowest BCUT2D eigenvalue weighted by Gasteiger charge is -2.27. The SMILES string of the molecule is Cc1ccc(CN2CCc3c(nc(S(C)(=O)=O)[nH]c3=O)C2)cc1F. The molecule has 2 heterocycles. The molecule has 0 atom stereocenters. The fraction of sp³-hybridized carbons (Fsp3) is 0.375. The molecule has 3 rings (SSSR count). The molecule has 1 aliphatic heterocycles. The molecule has 1 aromatic carbocycles. The first kappa shape index (κ1) is 16.8. The lowest BCUT2D eigenvalue weighted by molar-refractivity contribution is 0.239. The van der Waals surface area contributed by atoms with Gasteiger partial charge in [-0.2, -0.15) is 0 Å². The molecule has 0 saturated carbocycles. The molecule has 1 aliphatic rings. The zero-order chi connectivity index (χ0) is 17.5. The molecule has 0 amide bonds. The van der Waals surface area contributed by atoms with Crippen molar-refractivity contribution in [1.82, 2.24) is 14.9 Å². The minimum Gasteiger partial charge on any atom is -0.297 e. The van der Waals surface area contributed by atoms with Crippen molar-refractivity contribution in [1.29, 1.82) is 0 Å². The number of aryl methyl sites for hydroxylation is 1. The average Bonchev–Trinajstić information content (AvgIpc) is 2.50. The topological polar surface area (TPSA) is 83.1 Å². The van der Waals surface area contributed by atoms with E-state index in [9.17, 15) is 17.6 Å². The predicted octanol–water partition coefficient (Wildman–Crippen LogP) is 1.18. The second-order valence-corrected chi connectivity index (χ2v) is 8.04. The van der Waals surface area contributed by atoms with E-state index < -0.39 is 15.4 Å². The summed E-state index contributed by atoms with van der Waals surface area (Å²) in [6, 6.07) is 5.09. The van der Waals surface area contributed by atoms with E-state index in [2.05, 4.69) is 9.97 Å². The number of nitrogens with zero attached hydrogens (tertiary/aromatic N) is 2. The Kier molecular flexibility index (Phi) is 4.27. The second kappa shape index (κ2) is 6.10. The minimum absolute atomic E-state index is 0.251. The molecule has 0 spiro atoms. The summed E-state index contributed by atoms with van der Waals surface area (Å²) in [4.78, 5) is 20.5. The highest BCUT2D eigenvalue weighted by Crippen LogP contribution is 2.18. The van der Waals surface area contributed by atoms with Gasteiger partial charge >= 0.3 is 0 Å². The zero-order valence-electron chi connectivity index (χ0n) is 13.5. The van der Waals surface area contributed by atoms with Gasteiger partial charge in [-0.3, -0.25) is 14.7 Å². The van der Waals surface area contributed by atoms with Crippen LogP contribution in [0.5, 0.6) is 0 Å². The Morgan fingerprint density at radius 1 is 1.38 bits per heavy atom. The van der Waals surface area contributed by atoms with Crippen LogP contribution in [0.2, 0.25) is 0 Å². The maximum Gasteiger partial charge on any atom is 0.255 e. The van der Waals surface area contributed by atoms with Crippen LogP contribution in [-0.2, 0) is 29.3 Å². The molecule has 2 aromatic rings. The van der Waals surface area contributed by atoms with Crippen molar-refractivity contribution in [3.8, 4) is 0 Å². The number of aromatic nitrogens is 2. The molecule has 0 aliphatic carbocycles. The summed E-state index contributed by atoms with van der Waals surface area (Å²) in [6.07, 6.45) is 1.49. The number of aromatic amines is 1. The summed E-state index contributed by atoms with van der Waals surface area (Å²) in [5.41, 5.74) is 2.01. The van der Waals surface area contributed by atoms with Gasteiger partial charge in [-0.15, -0.1) is 0 Å². The third-order valence-electron chi connectivity index (χ3n) is 4.12. The van der Waals surface area contributed by atoms with Crippen LogP contribution in [0.3, 0.4) is 0 Å². The number of H-pyrrole nitrogens is 1. The molecule has 8 heteroatoms. The lowest BCUT2D eigenvalue weighted by Crippen LogP contribution is -2.35. The summed E-state index contributed by atoms with van der Waals surface area (Å²) in [5.74, 6) is -0.251. The van der Waals surface area contributed by atoms with Crippen LogP contribution in [0.1, 0.15) is 22.4 Å². The van der Waals surface area contributed by atoms with Crippen molar-refractivity contribution in [2.75, 3.05) is 12.8 Å². The summed E-state index contributed by atoms with van der Waals surface area (Å²) >= 11 is 0. The quantitative estimate of drug-likeness (QED) is 0.840. The maximum absolute atomic E-state index is 13.7. The van der Waals surface area contributed by atoms with Gasteiger partial charge in [0.2, 0.25) is 15.0 Å². The fourth-order valence-corrected chi connectivity index (χ4v) is 3.33. The number of sulfone groups is 1. The molecule has 24 heavy (non-hydrogen) atoms. The lowest BCUT2D eigenvalue weighted by atomic mass is 10.1. The number of fused-ring (bicyclic) bond motifs is 1. The van der Waals surface area contributed by atoms with Crippen LogP contribution < -0.4 is 5.56 Å². The monoisotopic (exact) mass is 351 g/mol. The predicted molar refractivity (Wildman–Crippen MR) is 86.9 cm³/mol. The highest BCUT2D eigenvalue weighted by Gasteiger charge is 2.23. The third-order valence-corrected chi connectivity index (χ3v) is 5.02. The zero-order valence-corrected chi connectivity index (χ0v) is 14.3. The smallest absolute Gasteiger partial charge is 0.255 e. The van der Waals surface area contributed by atoms with E-state index in [-0.39, 0.29) is 11.0 Å². The Hall–Kier alpha value is -2.06. The van der Waals surface area contributed by atoms with E-state index in [0.717, 1.165) is 11.8 Å². The van der Waals surface area contributed by atoms with Crippen molar-refractivity contribution in [3.63, 3.8) is 0 Å². The van der Waals surface area contributed by atoms with Crippen molar-refractivity contribution >= 4 is 9.84 Å². The van der Waals surface area contributed by atoms with Gasteiger partial charge in [0, 0.05) is 31.5 Å².